The number of anilines is 1. The van der Waals surface area contributed by atoms with Gasteiger partial charge in [-0.1, -0.05) is 0 Å². The molecule has 0 aromatic heterocycles. The normalized spacial score (nSPS) is 14.4. The molecule has 0 atom stereocenters. The van der Waals surface area contributed by atoms with E-state index in [0.717, 1.165) is 23.3 Å². The standard InChI is InChI=1S/C19H21FN2O4S/c1-21(2)17-11-13-7-9-22(19(23)24)10-8-14(13)12-18(17)27(25,26)16-5-3-15(20)4-6-16/h3-6,11-12H,7-10H2,1-2H3,(H,23,24). The van der Waals surface area contributed by atoms with Crippen LogP contribution in [0.2, 0.25) is 0 Å². The van der Waals surface area contributed by atoms with Crippen LogP contribution in [0, 0.1) is 5.82 Å². The molecule has 2 aromatic rings. The number of carboxylic acid groups (broad SMARTS) is 1. The van der Waals surface area contributed by atoms with Crippen LogP contribution in [-0.2, 0) is 22.7 Å². The minimum atomic E-state index is -3.84. The van der Waals surface area contributed by atoms with Gasteiger partial charge in [0.05, 0.1) is 15.5 Å². The molecule has 6 nitrogen and oxygen atoms in total. The number of benzene rings is 2. The van der Waals surface area contributed by atoms with Crippen molar-refractivity contribution in [1.29, 1.82) is 0 Å². The Bertz CT molecular complexity index is 972. The van der Waals surface area contributed by atoms with Gasteiger partial charge in [0.25, 0.3) is 0 Å². The van der Waals surface area contributed by atoms with Crippen LogP contribution in [0.4, 0.5) is 14.9 Å². The summed E-state index contributed by atoms with van der Waals surface area (Å²) in [5.41, 5.74) is 2.30. The fourth-order valence-corrected chi connectivity index (χ4v) is 4.80. The van der Waals surface area contributed by atoms with Crippen molar-refractivity contribution < 1.29 is 22.7 Å². The minimum absolute atomic E-state index is 0.0211. The highest BCUT2D eigenvalue weighted by molar-refractivity contribution is 7.91. The van der Waals surface area contributed by atoms with Gasteiger partial charge in [0.15, 0.2) is 0 Å². The molecule has 2 aromatic carbocycles. The van der Waals surface area contributed by atoms with Gasteiger partial charge in [0.2, 0.25) is 9.84 Å². The molecule has 1 heterocycles. The molecule has 0 radical (unpaired) electrons. The van der Waals surface area contributed by atoms with Gasteiger partial charge in [-0.05, 0) is 60.4 Å². The third kappa shape index (κ3) is 3.75. The molecule has 1 N–H and O–H groups in total. The molecule has 144 valence electrons. The van der Waals surface area contributed by atoms with E-state index in [4.69, 9.17) is 0 Å². The number of fused-ring (bicyclic) bond motifs is 1. The van der Waals surface area contributed by atoms with Crippen molar-refractivity contribution in [2.24, 2.45) is 0 Å². The highest BCUT2D eigenvalue weighted by Crippen LogP contribution is 2.33. The predicted octanol–water partition coefficient (Wildman–Crippen LogP) is 2.80. The first-order valence-corrected chi connectivity index (χ1v) is 10.00. The highest BCUT2D eigenvalue weighted by Gasteiger charge is 2.26. The van der Waals surface area contributed by atoms with Crippen molar-refractivity contribution in [3.63, 3.8) is 0 Å². The maximum atomic E-state index is 13.2. The monoisotopic (exact) mass is 392 g/mol. The molecule has 8 heteroatoms. The van der Waals surface area contributed by atoms with Crippen molar-refractivity contribution >= 4 is 21.6 Å². The Balaban J connectivity index is 2.11. The average Bonchev–Trinajstić information content (AvgIpc) is 2.83. The van der Waals surface area contributed by atoms with Crippen LogP contribution in [0.5, 0.6) is 0 Å². The van der Waals surface area contributed by atoms with Crippen LogP contribution in [-0.4, -0.2) is 51.7 Å². The summed E-state index contributed by atoms with van der Waals surface area (Å²) in [6.07, 6.45) is -0.00419. The van der Waals surface area contributed by atoms with Gasteiger partial charge in [0.1, 0.15) is 5.82 Å². The molecule has 1 amide bonds. The van der Waals surface area contributed by atoms with E-state index < -0.39 is 21.7 Å². The van der Waals surface area contributed by atoms with E-state index in [-0.39, 0.29) is 9.79 Å². The van der Waals surface area contributed by atoms with Gasteiger partial charge in [-0.2, -0.15) is 0 Å². The largest absolute Gasteiger partial charge is 0.465 e. The molecule has 3 rings (SSSR count). The van der Waals surface area contributed by atoms with E-state index in [2.05, 4.69) is 0 Å². The maximum absolute atomic E-state index is 13.2. The Morgan fingerprint density at radius 3 is 2.15 bits per heavy atom. The molecular weight excluding hydrogens is 371 g/mol. The first kappa shape index (κ1) is 19.2. The molecule has 0 fully saturated rings. The Morgan fingerprint density at radius 1 is 1.07 bits per heavy atom. The van der Waals surface area contributed by atoms with Gasteiger partial charge >= 0.3 is 6.09 Å². The summed E-state index contributed by atoms with van der Waals surface area (Å²) in [4.78, 5) is 14.5. The Kier molecular flexibility index (Phi) is 5.10. The molecule has 27 heavy (non-hydrogen) atoms. The van der Waals surface area contributed by atoms with E-state index in [1.165, 1.54) is 17.0 Å². The van der Waals surface area contributed by atoms with Crippen LogP contribution in [0.25, 0.3) is 0 Å². The second kappa shape index (κ2) is 7.19. The second-order valence-electron chi connectivity index (χ2n) is 6.71. The summed E-state index contributed by atoms with van der Waals surface area (Å²) in [5, 5.41) is 9.23. The lowest BCUT2D eigenvalue weighted by molar-refractivity contribution is 0.147. The summed E-state index contributed by atoms with van der Waals surface area (Å²) < 4.78 is 39.5. The smallest absolute Gasteiger partial charge is 0.407 e. The Labute approximate surface area is 157 Å². The highest BCUT2D eigenvalue weighted by atomic mass is 32.2. The number of carbonyl (C=O) groups is 1. The van der Waals surface area contributed by atoms with Gasteiger partial charge < -0.3 is 14.9 Å². The van der Waals surface area contributed by atoms with Crippen molar-refractivity contribution in [1.82, 2.24) is 4.90 Å². The van der Waals surface area contributed by atoms with Crippen molar-refractivity contribution in [3.8, 4) is 0 Å². The minimum Gasteiger partial charge on any atom is -0.465 e. The molecule has 1 aliphatic heterocycles. The predicted molar refractivity (Wildman–Crippen MR) is 99.6 cm³/mol. The number of hydrogen-bond donors (Lipinski definition) is 1. The molecule has 0 saturated carbocycles. The van der Waals surface area contributed by atoms with Gasteiger partial charge in [-0.3, -0.25) is 0 Å². The van der Waals surface area contributed by atoms with E-state index in [0.29, 0.717) is 31.6 Å². The molecule has 0 bridgehead atoms. The van der Waals surface area contributed by atoms with Crippen LogP contribution in [0.15, 0.2) is 46.2 Å². The number of rotatable bonds is 3. The summed E-state index contributed by atoms with van der Waals surface area (Å²) in [5.74, 6) is -0.502. The van der Waals surface area contributed by atoms with Crippen LogP contribution >= 0.6 is 0 Å². The summed E-state index contributed by atoms with van der Waals surface area (Å²) in [6, 6.07) is 8.20. The molecule has 0 spiro atoms. The van der Waals surface area contributed by atoms with Crippen LogP contribution in [0.3, 0.4) is 0 Å². The van der Waals surface area contributed by atoms with Crippen LogP contribution < -0.4 is 4.90 Å². The Morgan fingerprint density at radius 2 is 1.63 bits per heavy atom. The lowest BCUT2D eigenvalue weighted by Gasteiger charge is -2.20. The zero-order valence-corrected chi connectivity index (χ0v) is 16.0. The summed E-state index contributed by atoms with van der Waals surface area (Å²) >= 11 is 0. The zero-order valence-electron chi connectivity index (χ0n) is 15.1. The van der Waals surface area contributed by atoms with Crippen LogP contribution in [0.1, 0.15) is 11.1 Å². The first-order valence-electron chi connectivity index (χ1n) is 8.52. The van der Waals surface area contributed by atoms with Crippen molar-refractivity contribution in [2.45, 2.75) is 22.6 Å². The zero-order chi connectivity index (χ0) is 19.8. The quantitative estimate of drug-likeness (QED) is 0.813. The van der Waals surface area contributed by atoms with Gasteiger partial charge in [-0.15, -0.1) is 0 Å². The number of hydrogen-bond acceptors (Lipinski definition) is 4. The maximum Gasteiger partial charge on any atom is 0.407 e. The fourth-order valence-electron chi connectivity index (χ4n) is 3.24. The Hall–Kier alpha value is -2.61. The lowest BCUT2D eigenvalue weighted by atomic mass is 10.0. The third-order valence-electron chi connectivity index (χ3n) is 4.75. The SMILES string of the molecule is CN(C)c1cc2c(cc1S(=O)(=O)c1ccc(F)cc1)CCN(C(=O)O)CC2. The number of nitrogens with zero attached hydrogens (tertiary/aromatic N) is 2. The number of halogens is 1. The molecule has 0 unspecified atom stereocenters. The van der Waals surface area contributed by atoms with Gasteiger partial charge in [-0.25, -0.2) is 17.6 Å². The summed E-state index contributed by atoms with van der Waals surface area (Å²) in [7, 11) is -0.334. The van der Waals surface area contributed by atoms with Crippen molar-refractivity contribution in [2.75, 3.05) is 32.1 Å². The first-order chi connectivity index (χ1) is 12.7. The molecular formula is C19H21FN2O4S. The van der Waals surface area contributed by atoms with E-state index in [1.807, 2.05) is 6.07 Å². The van der Waals surface area contributed by atoms with Crippen molar-refractivity contribution in [3.05, 3.63) is 53.3 Å². The third-order valence-corrected chi connectivity index (χ3v) is 6.55. The average molecular weight is 392 g/mol. The molecule has 0 saturated heterocycles. The summed E-state index contributed by atoms with van der Waals surface area (Å²) in [6.45, 7) is 0.693. The van der Waals surface area contributed by atoms with E-state index in [9.17, 15) is 22.7 Å². The number of amides is 1. The van der Waals surface area contributed by atoms with Gasteiger partial charge in [0, 0.05) is 27.2 Å². The fraction of sp³-hybridized carbons (Fsp3) is 0.316. The van der Waals surface area contributed by atoms with E-state index in [1.54, 1.807) is 25.1 Å². The molecule has 1 aliphatic rings. The topological polar surface area (TPSA) is 77.9 Å². The number of sulfone groups is 1. The van der Waals surface area contributed by atoms with E-state index >= 15 is 0 Å². The lowest BCUT2D eigenvalue weighted by Crippen LogP contribution is -2.31. The second-order valence-corrected chi connectivity index (χ2v) is 8.63. The molecule has 0 aliphatic carbocycles.